The summed E-state index contributed by atoms with van der Waals surface area (Å²) in [7, 11) is 4.17. The molecule has 0 heterocycles. The van der Waals surface area contributed by atoms with E-state index >= 15 is 0 Å². The van der Waals surface area contributed by atoms with Crippen molar-refractivity contribution in [2.24, 2.45) is 0 Å². The Morgan fingerprint density at radius 3 is 2.39 bits per heavy atom. The van der Waals surface area contributed by atoms with Crippen LogP contribution in [0.2, 0.25) is 5.02 Å². The fourth-order valence-electron chi connectivity index (χ4n) is 1.51. The number of ether oxygens (including phenoxy) is 3. The monoisotopic (exact) mass is 274 g/mol. The van der Waals surface area contributed by atoms with E-state index in [9.17, 15) is 9.90 Å². The first kappa shape index (κ1) is 14.6. The fourth-order valence-corrected chi connectivity index (χ4v) is 1.74. The summed E-state index contributed by atoms with van der Waals surface area (Å²) in [6, 6.07) is 3.19. The Morgan fingerprint density at radius 1 is 1.28 bits per heavy atom. The van der Waals surface area contributed by atoms with E-state index in [0.29, 0.717) is 22.1 Å². The number of methoxy groups -OCH3 is 3. The smallest absolute Gasteiger partial charge is 0.335 e. The van der Waals surface area contributed by atoms with Crippen molar-refractivity contribution in [2.45, 2.75) is 12.5 Å². The Hall–Kier alpha value is -1.46. The third-order valence-electron chi connectivity index (χ3n) is 2.44. The maximum atomic E-state index is 11.2. The van der Waals surface area contributed by atoms with Crippen molar-refractivity contribution in [3.05, 3.63) is 22.7 Å². The highest BCUT2D eigenvalue weighted by Gasteiger charge is 2.19. The number of benzene rings is 1. The van der Waals surface area contributed by atoms with E-state index in [1.54, 1.807) is 12.1 Å². The average Bonchev–Trinajstić information content (AvgIpc) is 2.38. The van der Waals surface area contributed by atoms with Crippen molar-refractivity contribution >= 4 is 17.6 Å². The number of esters is 1. The Bertz CT molecular complexity index is 433. The molecule has 0 fully saturated rings. The molecule has 0 aromatic heterocycles. The minimum Gasteiger partial charge on any atom is -0.496 e. The Morgan fingerprint density at radius 2 is 1.89 bits per heavy atom. The molecule has 0 aliphatic heterocycles. The molecule has 1 unspecified atom stereocenters. The molecule has 0 aliphatic carbocycles. The van der Waals surface area contributed by atoms with Crippen LogP contribution in [0.4, 0.5) is 0 Å². The zero-order chi connectivity index (χ0) is 13.7. The summed E-state index contributed by atoms with van der Waals surface area (Å²) < 4.78 is 14.7. The maximum absolute atomic E-state index is 11.2. The topological polar surface area (TPSA) is 65.0 Å². The molecule has 18 heavy (non-hydrogen) atoms. The first-order valence-corrected chi connectivity index (χ1v) is 5.57. The van der Waals surface area contributed by atoms with Gasteiger partial charge in [-0.05, 0) is 6.07 Å². The number of aliphatic hydroxyl groups is 1. The summed E-state index contributed by atoms with van der Waals surface area (Å²) >= 11 is 5.95. The molecule has 1 N–H and O–H groups in total. The summed E-state index contributed by atoms with van der Waals surface area (Å²) in [6.07, 6.45) is -1.20. The van der Waals surface area contributed by atoms with Gasteiger partial charge >= 0.3 is 5.97 Å². The van der Waals surface area contributed by atoms with Gasteiger partial charge in [0.1, 0.15) is 11.5 Å². The van der Waals surface area contributed by atoms with E-state index < -0.39 is 12.1 Å². The Balaban J connectivity index is 3.03. The highest BCUT2D eigenvalue weighted by molar-refractivity contribution is 6.32. The molecule has 100 valence electrons. The van der Waals surface area contributed by atoms with Gasteiger partial charge in [-0.25, -0.2) is 4.79 Å². The SMILES string of the molecule is COC(=O)C(O)Cc1cc(OC)c(Cl)cc1OC. The molecular formula is C12H15ClO5. The largest absolute Gasteiger partial charge is 0.496 e. The number of hydrogen-bond acceptors (Lipinski definition) is 5. The van der Waals surface area contributed by atoms with Crippen molar-refractivity contribution in [1.82, 2.24) is 0 Å². The highest BCUT2D eigenvalue weighted by atomic mass is 35.5. The van der Waals surface area contributed by atoms with Crippen molar-refractivity contribution in [3.8, 4) is 11.5 Å². The minimum absolute atomic E-state index is 0.0589. The fraction of sp³-hybridized carbons (Fsp3) is 0.417. The van der Waals surface area contributed by atoms with Crippen LogP contribution in [0.5, 0.6) is 11.5 Å². The van der Waals surface area contributed by atoms with Gasteiger partial charge in [-0.3, -0.25) is 0 Å². The average molecular weight is 275 g/mol. The number of hydrogen-bond donors (Lipinski definition) is 1. The number of halogens is 1. The van der Waals surface area contributed by atoms with Crippen LogP contribution in [-0.2, 0) is 16.0 Å². The van der Waals surface area contributed by atoms with Crippen molar-refractivity contribution in [2.75, 3.05) is 21.3 Å². The van der Waals surface area contributed by atoms with Crippen LogP contribution in [0.1, 0.15) is 5.56 Å². The Labute approximate surface area is 110 Å². The first-order valence-electron chi connectivity index (χ1n) is 5.19. The molecule has 1 atom stereocenters. The third-order valence-corrected chi connectivity index (χ3v) is 2.74. The quantitative estimate of drug-likeness (QED) is 0.823. The van der Waals surface area contributed by atoms with E-state index in [-0.39, 0.29) is 6.42 Å². The maximum Gasteiger partial charge on any atom is 0.335 e. The van der Waals surface area contributed by atoms with Gasteiger partial charge in [-0.2, -0.15) is 0 Å². The molecule has 5 nitrogen and oxygen atoms in total. The number of carbonyl (C=O) groups excluding carboxylic acids is 1. The zero-order valence-electron chi connectivity index (χ0n) is 10.4. The molecule has 0 amide bonds. The normalized spacial score (nSPS) is 11.8. The Kier molecular flexibility index (Phi) is 5.25. The van der Waals surface area contributed by atoms with E-state index in [2.05, 4.69) is 4.74 Å². The lowest BCUT2D eigenvalue weighted by atomic mass is 10.1. The van der Waals surface area contributed by atoms with Gasteiger partial charge in [0.25, 0.3) is 0 Å². The van der Waals surface area contributed by atoms with Crippen LogP contribution >= 0.6 is 11.6 Å². The van der Waals surface area contributed by atoms with E-state index in [0.717, 1.165) is 0 Å². The van der Waals surface area contributed by atoms with Gasteiger partial charge < -0.3 is 19.3 Å². The van der Waals surface area contributed by atoms with Crippen LogP contribution in [-0.4, -0.2) is 38.5 Å². The number of rotatable bonds is 5. The van der Waals surface area contributed by atoms with Gasteiger partial charge in [0, 0.05) is 18.1 Å². The molecule has 6 heteroatoms. The standard InChI is InChI=1S/C12H15ClO5/c1-16-10-6-8(13)11(17-2)5-7(10)4-9(14)12(15)18-3/h5-6,9,14H,4H2,1-3H3. The molecule has 1 aromatic rings. The molecule has 0 saturated heterocycles. The lowest BCUT2D eigenvalue weighted by Gasteiger charge is -2.14. The molecule has 0 bridgehead atoms. The van der Waals surface area contributed by atoms with E-state index in [4.69, 9.17) is 21.1 Å². The summed E-state index contributed by atoms with van der Waals surface area (Å²) in [5.74, 6) is 0.222. The van der Waals surface area contributed by atoms with Gasteiger partial charge in [0.2, 0.25) is 0 Å². The number of aliphatic hydroxyl groups excluding tert-OH is 1. The number of carbonyl (C=O) groups is 1. The second-order valence-electron chi connectivity index (χ2n) is 3.54. The van der Waals surface area contributed by atoms with Crippen LogP contribution in [0.3, 0.4) is 0 Å². The zero-order valence-corrected chi connectivity index (χ0v) is 11.2. The predicted octanol–water partition coefficient (Wildman–Crippen LogP) is 1.43. The molecule has 1 rings (SSSR count). The molecule has 0 saturated carbocycles. The second kappa shape index (κ2) is 6.47. The van der Waals surface area contributed by atoms with Gasteiger partial charge in [0.05, 0.1) is 26.4 Å². The van der Waals surface area contributed by atoms with Crippen LogP contribution < -0.4 is 9.47 Å². The van der Waals surface area contributed by atoms with Gasteiger partial charge in [-0.15, -0.1) is 0 Å². The lowest BCUT2D eigenvalue weighted by Crippen LogP contribution is -2.24. The molecule has 1 aromatic carbocycles. The van der Waals surface area contributed by atoms with Crippen molar-refractivity contribution in [1.29, 1.82) is 0 Å². The summed E-state index contributed by atoms with van der Waals surface area (Å²) in [4.78, 5) is 11.2. The lowest BCUT2D eigenvalue weighted by molar-refractivity contribution is -0.150. The third kappa shape index (κ3) is 3.27. The van der Waals surface area contributed by atoms with E-state index in [1.807, 2.05) is 0 Å². The predicted molar refractivity (Wildman–Crippen MR) is 66.3 cm³/mol. The molecule has 0 aliphatic rings. The summed E-state index contributed by atoms with van der Waals surface area (Å²) in [5.41, 5.74) is 0.608. The molecule has 0 spiro atoms. The second-order valence-corrected chi connectivity index (χ2v) is 3.95. The summed E-state index contributed by atoms with van der Waals surface area (Å²) in [5, 5.41) is 10.0. The highest BCUT2D eigenvalue weighted by Crippen LogP contribution is 2.33. The molecular weight excluding hydrogens is 260 g/mol. The van der Waals surface area contributed by atoms with Crippen molar-refractivity contribution in [3.63, 3.8) is 0 Å². The van der Waals surface area contributed by atoms with E-state index in [1.165, 1.54) is 21.3 Å². The van der Waals surface area contributed by atoms with Gasteiger partial charge in [0.15, 0.2) is 6.10 Å². The minimum atomic E-state index is -1.25. The van der Waals surface area contributed by atoms with Crippen molar-refractivity contribution < 1.29 is 24.1 Å². The van der Waals surface area contributed by atoms with Crippen LogP contribution in [0.15, 0.2) is 12.1 Å². The molecule has 0 radical (unpaired) electrons. The van der Waals surface area contributed by atoms with Crippen LogP contribution in [0, 0.1) is 0 Å². The first-order chi connectivity index (χ1) is 8.53. The summed E-state index contributed by atoms with van der Waals surface area (Å²) in [6.45, 7) is 0. The van der Waals surface area contributed by atoms with Crippen LogP contribution in [0.25, 0.3) is 0 Å². The van der Waals surface area contributed by atoms with Gasteiger partial charge in [-0.1, -0.05) is 11.6 Å².